The van der Waals surface area contributed by atoms with Crippen molar-refractivity contribution in [2.75, 3.05) is 26.3 Å². The summed E-state index contributed by atoms with van der Waals surface area (Å²) in [7, 11) is -9.18. The minimum Gasteiger partial charge on any atom is -0.487 e. The van der Waals surface area contributed by atoms with Gasteiger partial charge in [0.1, 0.15) is 34.3 Å². The quantitative estimate of drug-likeness (QED) is 0.0217. The molecule has 26 nitrogen and oxygen atoms in total. The van der Waals surface area contributed by atoms with Gasteiger partial charge in [-0.25, -0.2) is 36.2 Å². The number of aromatic nitrogens is 4. The van der Waals surface area contributed by atoms with Gasteiger partial charge in [-0.15, -0.1) is 0 Å². The molecule has 4 aromatic heterocycles. The normalized spacial score (nSPS) is 23.4. The number of H-pyrrole nitrogens is 2. The number of carbonyl (C=O) groups excluding carboxylic acids is 2. The maximum atomic E-state index is 13.9. The monoisotopic (exact) mass is 1690 g/mol. The van der Waals surface area contributed by atoms with Gasteiger partial charge in [0.05, 0.1) is 67.6 Å². The summed E-state index contributed by atoms with van der Waals surface area (Å²) in [5.41, 5.74) is 8.73. The average Bonchev–Trinajstić information content (AvgIpc) is 1.66. The smallest absolute Gasteiger partial charge is 0.312 e. The van der Waals surface area contributed by atoms with E-state index in [1.165, 1.54) is 110 Å². The highest BCUT2D eigenvalue weighted by Gasteiger charge is 2.40. The van der Waals surface area contributed by atoms with Crippen molar-refractivity contribution in [2.24, 2.45) is 11.8 Å². The van der Waals surface area contributed by atoms with Gasteiger partial charge in [0.25, 0.3) is 31.9 Å². The van der Waals surface area contributed by atoms with Gasteiger partial charge in [0, 0.05) is 59.5 Å². The summed E-state index contributed by atoms with van der Waals surface area (Å²) < 4.78 is 83.3. The van der Waals surface area contributed by atoms with Crippen molar-refractivity contribution in [1.29, 1.82) is 0 Å². The third-order valence-electron chi connectivity index (χ3n) is 26.1. The van der Waals surface area contributed by atoms with Gasteiger partial charge < -0.3 is 39.1 Å². The lowest BCUT2D eigenvalue weighted by molar-refractivity contribution is -0.386. The fourth-order valence-corrected chi connectivity index (χ4v) is 20.9. The molecule has 122 heavy (non-hydrogen) atoms. The molecule has 0 bridgehead atoms. The number of hydrogen-bond donors (Lipinski definition) is 6. The van der Waals surface area contributed by atoms with Crippen molar-refractivity contribution in [3.63, 3.8) is 0 Å². The number of nitro benzene ring substituents is 2. The molecule has 6 N–H and O–H groups in total. The van der Waals surface area contributed by atoms with Crippen molar-refractivity contribution < 1.29 is 65.4 Å². The Balaban J connectivity index is 0.000000173. The molecule has 28 heteroatoms. The first kappa shape index (κ1) is 83.1. The maximum Gasteiger partial charge on any atom is 0.312 e. The Hall–Kier alpha value is -11.1. The van der Waals surface area contributed by atoms with Crippen LogP contribution in [-0.4, -0.2) is 128 Å². The molecule has 18 rings (SSSR count). The molecule has 0 spiro atoms. The van der Waals surface area contributed by atoms with E-state index in [1.807, 2.05) is 24.3 Å². The van der Waals surface area contributed by atoms with Crippen LogP contribution < -0.4 is 28.4 Å². The molecule has 4 unspecified atom stereocenters. The number of aromatic amines is 2. The van der Waals surface area contributed by atoms with Crippen LogP contribution in [0.3, 0.4) is 0 Å². The summed E-state index contributed by atoms with van der Waals surface area (Å²) in [5, 5.41) is 46.3. The van der Waals surface area contributed by atoms with Crippen molar-refractivity contribution in [1.82, 2.24) is 39.2 Å². The molecule has 4 atom stereocenters. The molecule has 4 saturated carbocycles. The molecule has 6 aliphatic carbocycles. The number of pyridine rings is 2. The zero-order chi connectivity index (χ0) is 84.6. The van der Waals surface area contributed by atoms with Gasteiger partial charge in [-0.05, 0) is 309 Å². The average molecular weight is 1690 g/mol. The molecule has 2 saturated heterocycles. The molecule has 636 valence electrons. The third kappa shape index (κ3) is 18.9. The number of nitro groups is 2. The molecule has 6 heterocycles. The van der Waals surface area contributed by atoms with E-state index in [9.17, 15) is 56.9 Å². The van der Waals surface area contributed by atoms with Gasteiger partial charge in [-0.2, -0.15) is 0 Å². The van der Waals surface area contributed by atoms with E-state index >= 15 is 0 Å². The number of carbonyl (C=O) groups is 2. The lowest BCUT2D eigenvalue weighted by Gasteiger charge is -2.36. The molecule has 2 aliphatic heterocycles. The first-order valence-corrected chi connectivity index (χ1v) is 45.8. The number of fused-ring (bicyclic) bond motifs is 2. The molecule has 6 fully saturated rings. The van der Waals surface area contributed by atoms with E-state index in [1.54, 1.807) is 62.6 Å². The fourth-order valence-electron chi connectivity index (χ4n) is 18.9. The van der Waals surface area contributed by atoms with Gasteiger partial charge in [0.15, 0.2) is 11.5 Å². The van der Waals surface area contributed by atoms with Crippen LogP contribution in [0, 0.1) is 32.1 Å². The molecule has 10 aromatic rings. The molecular weight excluding hydrogens is 1590 g/mol. The Labute approximate surface area is 709 Å². The Morgan fingerprint density at radius 2 is 0.902 bits per heavy atom. The standard InChI is InChI=1S/2C47H51N5O8S/c2*1-47(54)21-18-30(19-22-47)29-59-43-17-15-37(27-42(43)52(55)56)61(57,58)50-46(53)40-16-12-33(26-44(40)60-36-25-34-20-23-48-45(34)49-28-36)31-10-13-35(14-11-31)51-24-4-7-41(51)39-6-3-2-5-38(39)32-8-9-32/h2*2-3,5-6,10,12,15-17,20,23,25-28,30,32,35,41,54H,4,7-9,11,13-14,18-19,21-22,24,29H2,1H3,(H,48,49)(H,50,53). The van der Waals surface area contributed by atoms with Gasteiger partial charge >= 0.3 is 11.4 Å². The predicted molar refractivity (Wildman–Crippen MR) is 462 cm³/mol. The van der Waals surface area contributed by atoms with E-state index in [-0.39, 0.29) is 59.2 Å². The van der Waals surface area contributed by atoms with Crippen LogP contribution in [0.15, 0.2) is 192 Å². The number of benzene rings is 6. The largest absolute Gasteiger partial charge is 0.487 e. The highest BCUT2D eigenvalue weighted by molar-refractivity contribution is 7.90. The topological polar surface area (TPSA) is 354 Å². The Bertz CT molecular complexity index is 5570. The minimum atomic E-state index is -4.59. The number of likely N-dealkylation sites (tertiary alicyclic amines) is 2. The molecule has 0 radical (unpaired) electrons. The number of allylic oxidation sites excluding steroid dienone is 2. The SMILES string of the molecule is CC1(O)CCC(COc2ccc(S(=O)(=O)NC(=O)c3ccc(C4=CCC(N5CCCC5c5ccccc5C5CC5)CC4)cc3Oc3cnc4[nH]ccc4c3)cc2[N+](=O)[O-])CC1.CC1(O)CCC(COc2ccc(S(=O)(=O)NC(=O)c3ccc(C4=CCC(N5CCCC5c5ccccc5C5CC5)CC4)cc3Oc3cnc4[nH]ccc4c3)cc2[N+](=O)[O-])CC1. The number of sulfonamides is 2. The van der Waals surface area contributed by atoms with E-state index in [2.05, 4.69) is 99.9 Å². The highest BCUT2D eigenvalue weighted by atomic mass is 32.2. The maximum absolute atomic E-state index is 13.9. The van der Waals surface area contributed by atoms with Crippen LogP contribution in [0.25, 0.3) is 33.2 Å². The fraction of sp³-hybridized carbons (Fsp3) is 0.404. The van der Waals surface area contributed by atoms with Crippen molar-refractivity contribution >= 4 is 76.4 Å². The summed E-state index contributed by atoms with van der Waals surface area (Å²) in [5.74, 6) is 0.514. The second-order valence-corrected chi connectivity index (χ2v) is 38.2. The van der Waals surface area contributed by atoms with E-state index in [0.29, 0.717) is 110 Å². The second kappa shape index (κ2) is 35.0. The number of nitrogens with one attached hydrogen (secondary N) is 4. The zero-order valence-corrected chi connectivity index (χ0v) is 70.1. The van der Waals surface area contributed by atoms with Crippen LogP contribution >= 0.6 is 0 Å². The summed E-state index contributed by atoms with van der Waals surface area (Å²) in [6, 6.07) is 43.8. The third-order valence-corrected chi connectivity index (χ3v) is 28.7. The number of aliphatic hydroxyl groups is 2. The Morgan fingerprint density at radius 1 is 0.500 bits per heavy atom. The molecular formula is C94H102N10O16S2. The zero-order valence-electron chi connectivity index (χ0n) is 68.4. The summed E-state index contributed by atoms with van der Waals surface area (Å²) >= 11 is 0. The summed E-state index contributed by atoms with van der Waals surface area (Å²) in [4.78, 5) is 70.1. The molecule has 8 aliphatic rings. The van der Waals surface area contributed by atoms with E-state index in [4.69, 9.17) is 18.9 Å². The van der Waals surface area contributed by atoms with Crippen LogP contribution in [0.1, 0.15) is 233 Å². The van der Waals surface area contributed by atoms with Crippen LogP contribution in [-0.2, 0) is 20.0 Å². The van der Waals surface area contributed by atoms with Crippen molar-refractivity contribution in [3.8, 4) is 34.5 Å². The van der Waals surface area contributed by atoms with Gasteiger partial charge in [0.2, 0.25) is 0 Å². The minimum absolute atomic E-state index is 0.0362. The number of rotatable bonds is 26. The highest BCUT2D eigenvalue weighted by Crippen LogP contribution is 2.50. The second-order valence-electron chi connectivity index (χ2n) is 34.9. The van der Waals surface area contributed by atoms with Crippen molar-refractivity contribution in [3.05, 3.63) is 247 Å². The summed E-state index contributed by atoms with van der Waals surface area (Å²) in [6.07, 6.45) is 31.6. The number of amides is 2. The molecule has 6 aromatic carbocycles. The first-order valence-electron chi connectivity index (χ1n) is 42.8. The Kier molecular flexibility index (Phi) is 23.9. The number of hydrogen-bond acceptors (Lipinski definition) is 20. The van der Waals surface area contributed by atoms with Gasteiger partial charge in [-0.3, -0.25) is 39.6 Å². The lowest BCUT2D eigenvalue weighted by Crippen LogP contribution is -2.36. The predicted octanol–water partition coefficient (Wildman–Crippen LogP) is 18.7. The first-order chi connectivity index (χ1) is 58.8. The van der Waals surface area contributed by atoms with Crippen LogP contribution in [0.4, 0.5) is 11.4 Å². The lowest BCUT2D eigenvalue weighted by atomic mass is 9.80. The van der Waals surface area contributed by atoms with Gasteiger partial charge in [-0.1, -0.05) is 72.8 Å². The van der Waals surface area contributed by atoms with E-state index < -0.39 is 74.1 Å². The van der Waals surface area contributed by atoms with Crippen LogP contribution in [0.2, 0.25) is 0 Å². The Morgan fingerprint density at radius 3 is 1.28 bits per heavy atom. The number of nitrogens with zero attached hydrogens (tertiary/aromatic N) is 6. The number of ether oxygens (including phenoxy) is 4. The van der Waals surface area contributed by atoms with Crippen molar-refractivity contribution in [2.45, 2.75) is 212 Å². The van der Waals surface area contributed by atoms with E-state index in [0.717, 1.165) is 96.8 Å². The van der Waals surface area contributed by atoms with Crippen LogP contribution in [0.5, 0.6) is 34.5 Å². The molecule has 2 amide bonds. The summed E-state index contributed by atoms with van der Waals surface area (Å²) in [6.45, 7) is 6.13.